The predicted octanol–water partition coefficient (Wildman–Crippen LogP) is 1.21. The summed E-state index contributed by atoms with van der Waals surface area (Å²) in [7, 11) is 0. The maximum atomic E-state index is 12.2. The fourth-order valence-electron chi connectivity index (χ4n) is 1.89. The number of hydrogen-bond donors (Lipinski definition) is 1. The Hall–Kier alpha value is -1.43. The van der Waals surface area contributed by atoms with Gasteiger partial charge in [-0.25, -0.2) is 4.68 Å². The summed E-state index contributed by atoms with van der Waals surface area (Å²) >= 11 is 0. The van der Waals surface area contributed by atoms with E-state index in [-0.39, 0.29) is 11.9 Å². The molecule has 1 atom stereocenters. The molecule has 6 heteroatoms. The third-order valence-electron chi connectivity index (χ3n) is 3.12. The number of carbonyl (C=O) groups is 1. The fraction of sp³-hybridized carbons (Fsp3) is 0.769. The van der Waals surface area contributed by atoms with Gasteiger partial charge in [-0.3, -0.25) is 4.79 Å². The third kappa shape index (κ3) is 4.31. The van der Waals surface area contributed by atoms with Crippen LogP contribution >= 0.6 is 0 Å². The van der Waals surface area contributed by atoms with Gasteiger partial charge in [0.1, 0.15) is 6.04 Å². The average molecular weight is 267 g/mol. The van der Waals surface area contributed by atoms with E-state index in [1.807, 2.05) is 27.0 Å². The molecule has 0 spiro atoms. The average Bonchev–Trinajstić information content (AvgIpc) is 2.88. The van der Waals surface area contributed by atoms with Crippen molar-refractivity contribution >= 4 is 5.91 Å². The lowest BCUT2D eigenvalue weighted by molar-refractivity contribution is -0.134. The molecule has 0 bridgehead atoms. The van der Waals surface area contributed by atoms with Gasteiger partial charge in [0, 0.05) is 19.6 Å². The summed E-state index contributed by atoms with van der Waals surface area (Å²) in [5, 5.41) is 11.4. The van der Waals surface area contributed by atoms with Crippen molar-refractivity contribution in [3.63, 3.8) is 0 Å². The van der Waals surface area contributed by atoms with Crippen LogP contribution in [0.15, 0.2) is 6.20 Å². The van der Waals surface area contributed by atoms with E-state index in [9.17, 15) is 4.79 Å². The molecular formula is C13H25N5O. The van der Waals surface area contributed by atoms with Crippen molar-refractivity contribution < 1.29 is 4.79 Å². The summed E-state index contributed by atoms with van der Waals surface area (Å²) in [6, 6.07) is -0.299. The molecule has 0 saturated carbocycles. The van der Waals surface area contributed by atoms with Gasteiger partial charge in [-0.05, 0) is 33.7 Å². The van der Waals surface area contributed by atoms with E-state index in [1.54, 1.807) is 9.58 Å². The van der Waals surface area contributed by atoms with Crippen LogP contribution in [0.25, 0.3) is 0 Å². The van der Waals surface area contributed by atoms with Crippen LogP contribution in [0.2, 0.25) is 0 Å². The van der Waals surface area contributed by atoms with Crippen molar-refractivity contribution in [2.75, 3.05) is 19.6 Å². The Labute approximate surface area is 115 Å². The maximum absolute atomic E-state index is 12.2. The molecule has 1 aromatic heterocycles. The van der Waals surface area contributed by atoms with Crippen molar-refractivity contribution in [3.8, 4) is 0 Å². The largest absolute Gasteiger partial charge is 0.341 e. The predicted molar refractivity (Wildman–Crippen MR) is 74.7 cm³/mol. The molecule has 0 aliphatic carbocycles. The molecule has 19 heavy (non-hydrogen) atoms. The lowest BCUT2D eigenvalue weighted by atomic mass is 10.3. The Morgan fingerprint density at radius 3 is 2.68 bits per heavy atom. The van der Waals surface area contributed by atoms with Gasteiger partial charge in [0.15, 0.2) is 0 Å². The molecule has 0 aromatic carbocycles. The van der Waals surface area contributed by atoms with Crippen LogP contribution in [0.5, 0.6) is 0 Å². The Balaban J connectivity index is 2.62. The number of nitrogens with zero attached hydrogens (tertiary/aromatic N) is 4. The van der Waals surface area contributed by atoms with E-state index in [0.29, 0.717) is 6.54 Å². The van der Waals surface area contributed by atoms with Gasteiger partial charge >= 0.3 is 0 Å². The molecule has 0 saturated heterocycles. The van der Waals surface area contributed by atoms with Crippen LogP contribution in [0.1, 0.15) is 45.9 Å². The summed E-state index contributed by atoms with van der Waals surface area (Å²) in [4.78, 5) is 14.0. The maximum Gasteiger partial charge on any atom is 0.247 e. The van der Waals surface area contributed by atoms with E-state index < -0.39 is 0 Å². The second kappa shape index (κ2) is 7.89. The molecule has 0 radical (unpaired) electrons. The highest BCUT2D eigenvalue weighted by Gasteiger charge is 2.20. The van der Waals surface area contributed by atoms with Crippen LogP contribution in [0.3, 0.4) is 0 Å². The first-order chi connectivity index (χ1) is 9.13. The molecule has 1 N–H and O–H groups in total. The van der Waals surface area contributed by atoms with Crippen molar-refractivity contribution in [1.29, 1.82) is 0 Å². The van der Waals surface area contributed by atoms with E-state index in [1.165, 1.54) is 0 Å². The number of amides is 1. The summed E-state index contributed by atoms with van der Waals surface area (Å²) in [6.07, 6.45) is 2.93. The molecule has 0 fully saturated rings. The number of carbonyl (C=O) groups excluding carboxylic acids is 1. The van der Waals surface area contributed by atoms with Gasteiger partial charge < -0.3 is 10.2 Å². The molecule has 0 aliphatic rings. The van der Waals surface area contributed by atoms with Crippen molar-refractivity contribution in [2.24, 2.45) is 0 Å². The smallest absolute Gasteiger partial charge is 0.247 e. The first-order valence-electron chi connectivity index (χ1n) is 7.04. The zero-order chi connectivity index (χ0) is 14.3. The van der Waals surface area contributed by atoms with E-state index in [0.717, 1.165) is 31.7 Å². The Bertz CT molecular complexity index is 386. The normalized spacial score (nSPS) is 12.4. The van der Waals surface area contributed by atoms with Crippen LogP contribution in [0.4, 0.5) is 0 Å². The molecule has 1 heterocycles. The van der Waals surface area contributed by atoms with Crippen molar-refractivity contribution in [2.45, 2.75) is 46.7 Å². The van der Waals surface area contributed by atoms with Crippen LogP contribution in [-0.2, 0) is 11.3 Å². The van der Waals surface area contributed by atoms with Gasteiger partial charge in [0.05, 0.1) is 11.9 Å². The second-order valence-electron chi connectivity index (χ2n) is 4.55. The summed E-state index contributed by atoms with van der Waals surface area (Å²) in [5.41, 5.74) is 0.868. The number of nitrogens with one attached hydrogen (secondary N) is 1. The first-order valence-corrected chi connectivity index (χ1v) is 7.04. The van der Waals surface area contributed by atoms with E-state index >= 15 is 0 Å². The monoisotopic (exact) mass is 267 g/mol. The summed E-state index contributed by atoms with van der Waals surface area (Å²) < 4.78 is 1.64. The van der Waals surface area contributed by atoms with Gasteiger partial charge in [-0.15, -0.1) is 5.10 Å². The van der Waals surface area contributed by atoms with Crippen LogP contribution in [-0.4, -0.2) is 45.4 Å². The minimum atomic E-state index is -0.299. The topological polar surface area (TPSA) is 63.1 Å². The molecule has 0 aliphatic heterocycles. The van der Waals surface area contributed by atoms with E-state index in [2.05, 4.69) is 22.6 Å². The highest BCUT2D eigenvalue weighted by molar-refractivity contribution is 5.79. The standard InChI is InChI=1S/C13H25N5O/c1-5-8-14-9-12-10-18(16-15-12)11(4)13(19)17(6-2)7-3/h10-11,14H,5-9H2,1-4H3. The summed E-state index contributed by atoms with van der Waals surface area (Å²) in [5.74, 6) is 0.0861. The molecule has 108 valence electrons. The molecule has 1 rings (SSSR count). The molecule has 1 unspecified atom stereocenters. The highest BCUT2D eigenvalue weighted by Crippen LogP contribution is 2.09. The Kier molecular flexibility index (Phi) is 6.49. The van der Waals surface area contributed by atoms with Gasteiger partial charge in [0.2, 0.25) is 5.91 Å². The minimum Gasteiger partial charge on any atom is -0.341 e. The number of likely N-dealkylation sites (N-methyl/N-ethyl adjacent to an activating group) is 1. The number of aromatic nitrogens is 3. The Morgan fingerprint density at radius 2 is 2.11 bits per heavy atom. The summed E-state index contributed by atoms with van der Waals surface area (Å²) in [6.45, 7) is 11.0. The van der Waals surface area contributed by atoms with Crippen molar-refractivity contribution in [1.82, 2.24) is 25.2 Å². The second-order valence-corrected chi connectivity index (χ2v) is 4.55. The third-order valence-corrected chi connectivity index (χ3v) is 3.12. The van der Waals surface area contributed by atoms with Crippen molar-refractivity contribution in [3.05, 3.63) is 11.9 Å². The zero-order valence-corrected chi connectivity index (χ0v) is 12.4. The van der Waals surface area contributed by atoms with Crippen LogP contribution in [0, 0.1) is 0 Å². The molecule has 6 nitrogen and oxygen atoms in total. The molecule has 1 amide bonds. The SMILES string of the molecule is CCCNCc1cn(C(C)C(=O)N(CC)CC)nn1. The van der Waals surface area contributed by atoms with Crippen LogP contribution < -0.4 is 5.32 Å². The number of rotatable bonds is 8. The first kappa shape index (κ1) is 15.6. The van der Waals surface area contributed by atoms with Gasteiger partial charge in [-0.1, -0.05) is 12.1 Å². The lowest BCUT2D eigenvalue weighted by Gasteiger charge is -2.22. The number of hydrogen-bond acceptors (Lipinski definition) is 4. The quantitative estimate of drug-likeness (QED) is 0.719. The molecule has 1 aromatic rings. The highest BCUT2D eigenvalue weighted by atomic mass is 16.2. The minimum absolute atomic E-state index is 0.0861. The van der Waals surface area contributed by atoms with Gasteiger partial charge in [0.25, 0.3) is 0 Å². The van der Waals surface area contributed by atoms with E-state index in [4.69, 9.17) is 0 Å². The zero-order valence-electron chi connectivity index (χ0n) is 12.4. The van der Waals surface area contributed by atoms with Gasteiger partial charge in [-0.2, -0.15) is 0 Å². The fourth-order valence-corrected chi connectivity index (χ4v) is 1.89. The molecular weight excluding hydrogens is 242 g/mol. The lowest BCUT2D eigenvalue weighted by Crippen LogP contribution is -2.36. The Morgan fingerprint density at radius 1 is 1.42 bits per heavy atom.